The molecule has 0 aliphatic heterocycles. The molecule has 0 aliphatic rings. The summed E-state index contributed by atoms with van der Waals surface area (Å²) in [5.74, 6) is 0.971. The van der Waals surface area contributed by atoms with Crippen LogP contribution in [-0.4, -0.2) is 19.5 Å². The normalized spacial score (nSPS) is 11.1. The van der Waals surface area contributed by atoms with Crippen LogP contribution in [0.3, 0.4) is 0 Å². The summed E-state index contributed by atoms with van der Waals surface area (Å²) in [6.07, 6.45) is 4.26. The number of aryl methyl sites for hydroxylation is 1. The summed E-state index contributed by atoms with van der Waals surface area (Å²) < 4.78 is 2.04. The van der Waals surface area contributed by atoms with Gasteiger partial charge in [0.1, 0.15) is 5.82 Å². The maximum absolute atomic E-state index is 5.62. The van der Waals surface area contributed by atoms with Crippen LogP contribution in [0.5, 0.6) is 0 Å². The molecule has 0 unspecified atom stereocenters. The van der Waals surface area contributed by atoms with Crippen LogP contribution in [0.1, 0.15) is 11.5 Å². The minimum atomic E-state index is 0.598. The van der Waals surface area contributed by atoms with E-state index in [0.717, 1.165) is 22.6 Å². The number of hydrogen-bond donors (Lipinski definition) is 1. The monoisotopic (exact) mass is 245 g/mol. The van der Waals surface area contributed by atoms with Crippen molar-refractivity contribution in [3.05, 3.63) is 35.4 Å². The topological polar surface area (TPSA) is 69.6 Å². The Hall–Kier alpha value is -1.95. The summed E-state index contributed by atoms with van der Waals surface area (Å²) in [4.78, 5) is 12.9. The van der Waals surface area contributed by atoms with Gasteiger partial charge in [0.05, 0.1) is 22.9 Å². The molecule has 5 nitrogen and oxygen atoms in total. The zero-order valence-corrected chi connectivity index (χ0v) is 10.1. The lowest BCUT2D eigenvalue weighted by Crippen LogP contribution is -1.99. The summed E-state index contributed by atoms with van der Waals surface area (Å²) in [5.41, 5.74) is 8.56. The van der Waals surface area contributed by atoms with E-state index in [1.807, 2.05) is 29.3 Å². The quantitative estimate of drug-likeness (QED) is 0.744. The van der Waals surface area contributed by atoms with Crippen LogP contribution in [0.4, 0.5) is 5.13 Å². The number of hydrogen-bond acceptors (Lipinski definition) is 5. The smallest absolute Gasteiger partial charge is 0.180 e. The lowest BCUT2D eigenvalue weighted by atomic mass is 10.3. The maximum Gasteiger partial charge on any atom is 0.180 e. The molecular formula is C11H11N5S. The lowest BCUT2D eigenvalue weighted by molar-refractivity contribution is 0.835. The first kappa shape index (κ1) is 10.2. The van der Waals surface area contributed by atoms with Crippen molar-refractivity contribution in [2.75, 3.05) is 5.73 Å². The first-order valence-corrected chi connectivity index (χ1v) is 6.07. The molecular weight excluding hydrogens is 234 g/mol. The maximum atomic E-state index is 5.62. The number of thiazole rings is 1. The Labute approximate surface area is 102 Å². The van der Waals surface area contributed by atoms with Crippen LogP contribution in [0.2, 0.25) is 0 Å². The Morgan fingerprint density at radius 2 is 2.29 bits per heavy atom. The second-order valence-corrected chi connectivity index (χ2v) is 4.69. The van der Waals surface area contributed by atoms with Gasteiger partial charge < -0.3 is 10.3 Å². The Balaban J connectivity index is 2.03. The number of rotatable bonds is 2. The van der Waals surface area contributed by atoms with Gasteiger partial charge in [-0.1, -0.05) is 0 Å². The number of pyridine rings is 1. The van der Waals surface area contributed by atoms with Crippen LogP contribution in [0.15, 0.2) is 23.8 Å². The lowest BCUT2D eigenvalue weighted by Gasteiger charge is -1.99. The summed E-state index contributed by atoms with van der Waals surface area (Å²) >= 11 is 1.45. The molecule has 3 aromatic rings. The first-order valence-electron chi connectivity index (χ1n) is 5.19. The van der Waals surface area contributed by atoms with Crippen molar-refractivity contribution >= 4 is 27.5 Å². The van der Waals surface area contributed by atoms with Crippen LogP contribution >= 0.6 is 11.3 Å². The van der Waals surface area contributed by atoms with Gasteiger partial charge in [-0.05, 0) is 6.07 Å². The molecule has 0 atom stereocenters. The molecule has 86 valence electrons. The van der Waals surface area contributed by atoms with Gasteiger partial charge in [-0.3, -0.25) is 4.98 Å². The van der Waals surface area contributed by atoms with Gasteiger partial charge in [-0.25, -0.2) is 9.97 Å². The largest absolute Gasteiger partial charge is 0.375 e. The fourth-order valence-electron chi connectivity index (χ4n) is 1.81. The van der Waals surface area contributed by atoms with Gasteiger partial charge in [0.2, 0.25) is 0 Å². The molecule has 0 aromatic carbocycles. The SMILES string of the molecule is Cn1c(Cc2csc(N)n2)nc2ccncc21. The molecule has 0 saturated heterocycles. The number of nitrogens with zero attached hydrogens (tertiary/aromatic N) is 4. The number of nitrogen functional groups attached to an aromatic ring is 1. The minimum Gasteiger partial charge on any atom is -0.375 e. The average Bonchev–Trinajstić information content (AvgIpc) is 2.86. The molecule has 6 heteroatoms. The van der Waals surface area contributed by atoms with E-state index < -0.39 is 0 Å². The van der Waals surface area contributed by atoms with Gasteiger partial charge in [-0.2, -0.15) is 0 Å². The molecule has 3 heterocycles. The summed E-state index contributed by atoms with van der Waals surface area (Å²) in [5, 5.41) is 2.56. The van der Waals surface area contributed by atoms with Gasteiger partial charge >= 0.3 is 0 Å². The number of fused-ring (bicyclic) bond motifs is 1. The van der Waals surface area contributed by atoms with E-state index in [1.165, 1.54) is 11.3 Å². The Morgan fingerprint density at radius 1 is 1.41 bits per heavy atom. The number of aromatic nitrogens is 4. The summed E-state index contributed by atoms with van der Waals surface area (Å²) in [7, 11) is 1.99. The zero-order chi connectivity index (χ0) is 11.8. The Kier molecular flexibility index (Phi) is 2.29. The molecule has 0 fully saturated rings. The van der Waals surface area contributed by atoms with E-state index in [9.17, 15) is 0 Å². The molecule has 0 aliphatic carbocycles. The highest BCUT2D eigenvalue weighted by atomic mass is 32.1. The first-order chi connectivity index (χ1) is 8.24. The highest BCUT2D eigenvalue weighted by molar-refractivity contribution is 7.13. The van der Waals surface area contributed by atoms with Gasteiger partial charge in [0.25, 0.3) is 0 Å². The third kappa shape index (κ3) is 1.76. The molecule has 17 heavy (non-hydrogen) atoms. The minimum absolute atomic E-state index is 0.598. The van der Waals surface area contributed by atoms with E-state index in [1.54, 1.807) is 6.20 Å². The van der Waals surface area contributed by atoms with E-state index >= 15 is 0 Å². The third-order valence-electron chi connectivity index (χ3n) is 2.68. The van der Waals surface area contributed by atoms with Gasteiger partial charge in [0.15, 0.2) is 5.13 Å². The van der Waals surface area contributed by atoms with Crippen LogP contribution < -0.4 is 5.73 Å². The highest BCUT2D eigenvalue weighted by Gasteiger charge is 2.09. The number of anilines is 1. The van der Waals surface area contributed by atoms with Gasteiger partial charge in [-0.15, -0.1) is 11.3 Å². The average molecular weight is 245 g/mol. The van der Waals surface area contributed by atoms with Crippen LogP contribution in [0.25, 0.3) is 11.0 Å². The number of nitrogens with two attached hydrogens (primary N) is 1. The Bertz CT molecular complexity index is 669. The van der Waals surface area contributed by atoms with Crippen molar-refractivity contribution in [3.63, 3.8) is 0 Å². The molecule has 0 bridgehead atoms. The standard InChI is InChI=1S/C11H11N5S/c1-16-9-5-13-3-2-8(9)15-10(16)4-7-6-17-11(12)14-7/h2-3,5-6H,4H2,1H3,(H2,12,14). The molecule has 0 radical (unpaired) electrons. The van der Waals surface area contributed by atoms with Crippen molar-refractivity contribution < 1.29 is 0 Å². The zero-order valence-electron chi connectivity index (χ0n) is 9.29. The molecule has 2 N–H and O–H groups in total. The van der Waals surface area contributed by atoms with Crippen molar-refractivity contribution in [2.24, 2.45) is 7.05 Å². The Morgan fingerprint density at radius 3 is 3.00 bits per heavy atom. The molecule has 3 rings (SSSR count). The van der Waals surface area contributed by atoms with Crippen molar-refractivity contribution in [1.29, 1.82) is 0 Å². The fourth-order valence-corrected chi connectivity index (χ4v) is 2.37. The van der Waals surface area contributed by atoms with E-state index in [2.05, 4.69) is 15.0 Å². The van der Waals surface area contributed by atoms with E-state index in [-0.39, 0.29) is 0 Å². The second kappa shape index (κ2) is 3.81. The third-order valence-corrected chi connectivity index (χ3v) is 3.41. The predicted octanol–water partition coefficient (Wildman–Crippen LogP) is 1.60. The molecule has 0 spiro atoms. The molecule has 3 aromatic heterocycles. The molecule has 0 amide bonds. The number of imidazole rings is 1. The van der Waals surface area contributed by atoms with Gasteiger partial charge in [0, 0.05) is 25.0 Å². The van der Waals surface area contributed by atoms with E-state index in [4.69, 9.17) is 5.73 Å². The van der Waals surface area contributed by atoms with Crippen LogP contribution in [-0.2, 0) is 13.5 Å². The second-order valence-electron chi connectivity index (χ2n) is 3.81. The van der Waals surface area contributed by atoms with E-state index in [0.29, 0.717) is 11.6 Å². The molecule has 0 saturated carbocycles. The fraction of sp³-hybridized carbons (Fsp3) is 0.182. The van der Waals surface area contributed by atoms with Crippen molar-refractivity contribution in [1.82, 2.24) is 19.5 Å². The van der Waals surface area contributed by atoms with Crippen molar-refractivity contribution in [3.8, 4) is 0 Å². The van der Waals surface area contributed by atoms with Crippen LogP contribution in [0, 0.1) is 0 Å². The summed E-state index contributed by atoms with van der Waals surface area (Å²) in [6, 6.07) is 1.91. The highest BCUT2D eigenvalue weighted by Crippen LogP contribution is 2.18. The summed E-state index contributed by atoms with van der Waals surface area (Å²) in [6.45, 7) is 0. The predicted molar refractivity (Wildman–Crippen MR) is 67.8 cm³/mol. The van der Waals surface area contributed by atoms with Crippen molar-refractivity contribution in [2.45, 2.75) is 6.42 Å².